The van der Waals surface area contributed by atoms with Gasteiger partial charge in [0.15, 0.2) is 11.5 Å². The first-order chi connectivity index (χ1) is 11.5. The fourth-order valence-electron chi connectivity index (χ4n) is 2.09. The summed E-state index contributed by atoms with van der Waals surface area (Å²) in [5.74, 6) is 0.203. The molecule has 0 saturated heterocycles. The molecule has 126 valence electrons. The van der Waals surface area contributed by atoms with Gasteiger partial charge in [0, 0.05) is 18.2 Å². The summed E-state index contributed by atoms with van der Waals surface area (Å²) in [5, 5.41) is 3.00. The van der Waals surface area contributed by atoms with Crippen LogP contribution in [0.2, 0.25) is 5.02 Å². The summed E-state index contributed by atoms with van der Waals surface area (Å²) in [6.07, 6.45) is 2.93. The van der Waals surface area contributed by atoms with Crippen molar-refractivity contribution in [1.82, 2.24) is 5.32 Å². The number of carbonyl (C=O) groups is 1. The standard InChI is InChI=1S/C18H17ClFNO3/c1-23-16-10-12(9-14(19)18(16)24-2)7-8-17(22)21-11-13-5-3-4-6-15(13)20/h3-10H,11H2,1-2H3,(H,21,22)/b8-7+. The maximum absolute atomic E-state index is 13.5. The first-order valence-corrected chi connectivity index (χ1v) is 7.53. The third-order valence-corrected chi connectivity index (χ3v) is 3.57. The molecule has 2 aromatic carbocycles. The van der Waals surface area contributed by atoms with Crippen molar-refractivity contribution in [2.75, 3.05) is 14.2 Å². The molecule has 0 saturated carbocycles. The van der Waals surface area contributed by atoms with Crippen LogP contribution in [0.3, 0.4) is 0 Å². The molecule has 0 fully saturated rings. The van der Waals surface area contributed by atoms with Gasteiger partial charge in [-0.15, -0.1) is 0 Å². The van der Waals surface area contributed by atoms with Crippen molar-refractivity contribution in [3.05, 3.63) is 64.4 Å². The lowest BCUT2D eigenvalue weighted by Crippen LogP contribution is -2.20. The zero-order valence-electron chi connectivity index (χ0n) is 13.3. The Morgan fingerprint density at radius 3 is 2.67 bits per heavy atom. The van der Waals surface area contributed by atoms with Gasteiger partial charge in [-0.2, -0.15) is 0 Å². The SMILES string of the molecule is COc1cc(/C=C/C(=O)NCc2ccccc2F)cc(Cl)c1OC. The van der Waals surface area contributed by atoms with Gasteiger partial charge in [-0.3, -0.25) is 4.79 Å². The van der Waals surface area contributed by atoms with Crippen molar-refractivity contribution < 1.29 is 18.7 Å². The van der Waals surface area contributed by atoms with E-state index < -0.39 is 0 Å². The summed E-state index contributed by atoms with van der Waals surface area (Å²) in [5.41, 5.74) is 1.10. The molecule has 0 aliphatic rings. The molecule has 0 aliphatic heterocycles. The van der Waals surface area contributed by atoms with E-state index in [1.54, 1.807) is 36.4 Å². The van der Waals surface area contributed by atoms with Crippen molar-refractivity contribution in [2.24, 2.45) is 0 Å². The highest BCUT2D eigenvalue weighted by atomic mass is 35.5. The minimum absolute atomic E-state index is 0.114. The van der Waals surface area contributed by atoms with Crippen LogP contribution in [-0.4, -0.2) is 20.1 Å². The molecule has 2 aromatic rings. The molecular formula is C18H17ClFNO3. The highest BCUT2D eigenvalue weighted by Gasteiger charge is 2.10. The van der Waals surface area contributed by atoms with E-state index in [1.807, 2.05) is 0 Å². The number of carbonyl (C=O) groups excluding carboxylic acids is 1. The average molecular weight is 350 g/mol. The number of amides is 1. The average Bonchev–Trinajstić information content (AvgIpc) is 2.58. The van der Waals surface area contributed by atoms with E-state index >= 15 is 0 Å². The lowest BCUT2D eigenvalue weighted by atomic mass is 10.1. The molecule has 0 radical (unpaired) electrons. The van der Waals surface area contributed by atoms with Crippen LogP contribution >= 0.6 is 11.6 Å². The van der Waals surface area contributed by atoms with Gasteiger partial charge in [0.05, 0.1) is 19.2 Å². The van der Waals surface area contributed by atoms with Crippen LogP contribution < -0.4 is 14.8 Å². The highest BCUT2D eigenvalue weighted by Crippen LogP contribution is 2.36. The van der Waals surface area contributed by atoms with E-state index in [0.717, 1.165) is 0 Å². The van der Waals surface area contributed by atoms with Crippen LogP contribution in [0, 0.1) is 5.82 Å². The monoisotopic (exact) mass is 349 g/mol. The van der Waals surface area contributed by atoms with Crippen LogP contribution in [0.5, 0.6) is 11.5 Å². The second-order valence-electron chi connectivity index (χ2n) is 4.88. The molecule has 0 spiro atoms. The summed E-state index contributed by atoms with van der Waals surface area (Å²) in [6.45, 7) is 0.114. The summed E-state index contributed by atoms with van der Waals surface area (Å²) >= 11 is 6.11. The van der Waals surface area contributed by atoms with Crippen LogP contribution in [-0.2, 0) is 11.3 Å². The number of hydrogen-bond donors (Lipinski definition) is 1. The molecule has 0 heterocycles. The minimum Gasteiger partial charge on any atom is -0.493 e. The predicted octanol–water partition coefficient (Wildman–Crippen LogP) is 3.83. The first-order valence-electron chi connectivity index (χ1n) is 7.16. The molecule has 0 bridgehead atoms. The van der Waals surface area contributed by atoms with Crippen LogP contribution in [0.25, 0.3) is 6.08 Å². The Balaban J connectivity index is 2.04. The maximum Gasteiger partial charge on any atom is 0.244 e. The molecule has 1 N–H and O–H groups in total. The van der Waals surface area contributed by atoms with Gasteiger partial charge >= 0.3 is 0 Å². The lowest BCUT2D eigenvalue weighted by molar-refractivity contribution is -0.116. The van der Waals surface area contributed by atoms with Gasteiger partial charge in [-0.05, 0) is 29.8 Å². The molecule has 0 aliphatic carbocycles. The van der Waals surface area contributed by atoms with Crippen LogP contribution in [0.4, 0.5) is 4.39 Å². The topological polar surface area (TPSA) is 47.6 Å². The van der Waals surface area contributed by atoms with Crippen molar-refractivity contribution in [3.63, 3.8) is 0 Å². The smallest absolute Gasteiger partial charge is 0.244 e. The lowest BCUT2D eigenvalue weighted by Gasteiger charge is -2.10. The summed E-state index contributed by atoms with van der Waals surface area (Å²) < 4.78 is 23.8. The van der Waals surface area contributed by atoms with Crippen LogP contribution in [0.1, 0.15) is 11.1 Å². The molecule has 0 atom stereocenters. The van der Waals surface area contributed by atoms with E-state index in [2.05, 4.69) is 5.32 Å². The third-order valence-electron chi connectivity index (χ3n) is 3.29. The molecule has 0 aromatic heterocycles. The largest absolute Gasteiger partial charge is 0.493 e. The number of ether oxygens (including phenoxy) is 2. The minimum atomic E-state index is -0.353. The molecule has 6 heteroatoms. The number of nitrogens with one attached hydrogen (secondary N) is 1. The van der Waals surface area contributed by atoms with E-state index in [-0.39, 0.29) is 18.3 Å². The molecule has 0 unspecified atom stereocenters. The number of hydrogen-bond acceptors (Lipinski definition) is 3. The van der Waals surface area contributed by atoms with E-state index in [4.69, 9.17) is 21.1 Å². The van der Waals surface area contributed by atoms with Gasteiger partial charge < -0.3 is 14.8 Å². The number of methoxy groups -OCH3 is 2. The highest BCUT2D eigenvalue weighted by molar-refractivity contribution is 6.32. The Kier molecular flexibility index (Phi) is 6.21. The van der Waals surface area contributed by atoms with Crippen molar-refractivity contribution >= 4 is 23.6 Å². The Bertz CT molecular complexity index is 762. The van der Waals surface area contributed by atoms with Gasteiger partial charge in [-0.1, -0.05) is 29.8 Å². The molecule has 1 amide bonds. The number of rotatable bonds is 6. The van der Waals surface area contributed by atoms with Gasteiger partial charge in [0.25, 0.3) is 0 Å². The molecule has 2 rings (SSSR count). The molecule has 4 nitrogen and oxygen atoms in total. The van der Waals surface area contributed by atoms with E-state index in [0.29, 0.717) is 27.6 Å². The van der Waals surface area contributed by atoms with Gasteiger partial charge in [-0.25, -0.2) is 4.39 Å². The Morgan fingerprint density at radius 2 is 2.00 bits per heavy atom. The number of benzene rings is 2. The fraction of sp³-hybridized carbons (Fsp3) is 0.167. The van der Waals surface area contributed by atoms with Crippen molar-refractivity contribution in [1.29, 1.82) is 0 Å². The second-order valence-corrected chi connectivity index (χ2v) is 5.29. The molecular weight excluding hydrogens is 333 g/mol. The first kappa shape index (κ1) is 17.8. The summed E-state index contributed by atoms with van der Waals surface area (Å²) in [6, 6.07) is 9.64. The number of halogens is 2. The maximum atomic E-state index is 13.5. The summed E-state index contributed by atoms with van der Waals surface area (Å²) in [7, 11) is 3.00. The van der Waals surface area contributed by atoms with Crippen molar-refractivity contribution in [2.45, 2.75) is 6.54 Å². The normalized spacial score (nSPS) is 10.7. The van der Waals surface area contributed by atoms with Gasteiger partial charge in [0.1, 0.15) is 5.82 Å². The predicted molar refractivity (Wildman–Crippen MR) is 91.8 cm³/mol. The zero-order chi connectivity index (χ0) is 17.5. The Hall–Kier alpha value is -2.53. The van der Waals surface area contributed by atoms with Crippen LogP contribution in [0.15, 0.2) is 42.5 Å². The fourth-order valence-corrected chi connectivity index (χ4v) is 2.39. The second kappa shape index (κ2) is 8.36. The quantitative estimate of drug-likeness (QED) is 0.806. The molecule has 24 heavy (non-hydrogen) atoms. The van der Waals surface area contributed by atoms with E-state index in [1.165, 1.54) is 26.4 Å². The third kappa shape index (κ3) is 4.49. The van der Waals surface area contributed by atoms with Crippen molar-refractivity contribution in [3.8, 4) is 11.5 Å². The zero-order valence-corrected chi connectivity index (χ0v) is 14.1. The Labute approximate surface area is 144 Å². The summed E-state index contributed by atoms with van der Waals surface area (Å²) in [4.78, 5) is 11.9. The van der Waals surface area contributed by atoms with E-state index in [9.17, 15) is 9.18 Å². The van der Waals surface area contributed by atoms with Gasteiger partial charge in [0.2, 0.25) is 5.91 Å². The Morgan fingerprint density at radius 1 is 1.25 bits per heavy atom.